The van der Waals surface area contributed by atoms with Crippen LogP contribution in [0.2, 0.25) is 0 Å². The van der Waals surface area contributed by atoms with Gasteiger partial charge in [-0.05, 0) is 42.9 Å². The zero-order chi connectivity index (χ0) is 24.9. The summed E-state index contributed by atoms with van der Waals surface area (Å²) < 4.78 is 0. The number of hydrogen-bond acceptors (Lipinski definition) is 8. The average Bonchev–Trinajstić information content (AvgIpc) is 2.76. The molecule has 0 heterocycles. The van der Waals surface area contributed by atoms with Gasteiger partial charge in [-0.3, -0.25) is 19.2 Å². The van der Waals surface area contributed by atoms with E-state index in [1.807, 2.05) is 6.92 Å². The Bertz CT molecular complexity index is 1190. The summed E-state index contributed by atoms with van der Waals surface area (Å²) in [6, 6.07) is 2.77. The predicted octanol–water partition coefficient (Wildman–Crippen LogP) is 2.19. The molecule has 34 heavy (non-hydrogen) atoms. The maximum absolute atomic E-state index is 13.5. The van der Waals surface area contributed by atoms with Crippen LogP contribution in [0.4, 0.5) is 0 Å². The van der Waals surface area contributed by atoms with Crippen molar-refractivity contribution in [3.8, 4) is 5.75 Å². The van der Waals surface area contributed by atoms with Gasteiger partial charge >= 0.3 is 0 Å². The van der Waals surface area contributed by atoms with Crippen LogP contribution in [0.25, 0.3) is 5.76 Å². The number of phenols is 1. The maximum atomic E-state index is 13.5. The molecule has 1 saturated carbocycles. The number of fused-ring (bicyclic) bond motifs is 3. The normalized spacial score (nSPS) is 26.2. The van der Waals surface area contributed by atoms with Gasteiger partial charge in [0.1, 0.15) is 22.8 Å². The number of rotatable bonds is 6. The van der Waals surface area contributed by atoms with Crippen LogP contribution in [-0.4, -0.2) is 49.3 Å². The number of primary amides is 1. The number of Topliss-reactive ketones (excluding diaryl/α,β-unsaturated/α-hetero) is 3. The van der Waals surface area contributed by atoms with Gasteiger partial charge in [0.25, 0.3) is 5.91 Å². The van der Waals surface area contributed by atoms with Crippen molar-refractivity contribution in [3.05, 3.63) is 45.7 Å². The Morgan fingerprint density at radius 1 is 1.12 bits per heavy atom. The Morgan fingerprint density at radius 3 is 2.47 bits per heavy atom. The fourth-order valence-electron chi connectivity index (χ4n) is 5.55. The molecule has 9 nitrogen and oxygen atoms in total. The van der Waals surface area contributed by atoms with Crippen molar-refractivity contribution in [3.63, 3.8) is 0 Å². The molecular weight excluding hydrogens is 442 g/mol. The lowest BCUT2D eigenvalue weighted by Crippen LogP contribution is -2.58. The van der Waals surface area contributed by atoms with Crippen molar-refractivity contribution >= 4 is 29.0 Å². The standard InChI is InChI=1S/C25H27NO8/c1-2-3-4-5-15(27)13-6-7-16(28)19-14(13)9-11-8-12-10-17(29)20(24(26)33)23(32)25(12,34)22(31)18(11)21(19)30/h6-7,11-12,28,30,32,34H,2-5,8-10H2,1H3,(H2,26,33)/t11-,12+,25+/m1/s1. The molecule has 0 aliphatic heterocycles. The highest BCUT2D eigenvalue weighted by atomic mass is 16.3. The minimum atomic E-state index is -2.60. The van der Waals surface area contributed by atoms with E-state index in [4.69, 9.17) is 5.73 Å². The largest absolute Gasteiger partial charge is 0.508 e. The van der Waals surface area contributed by atoms with E-state index in [0.717, 1.165) is 12.8 Å². The fraction of sp³-hybridized carbons (Fsp3) is 0.440. The van der Waals surface area contributed by atoms with Crippen molar-refractivity contribution in [2.45, 2.75) is 57.5 Å². The zero-order valence-corrected chi connectivity index (χ0v) is 18.8. The summed E-state index contributed by atoms with van der Waals surface area (Å²) in [6.45, 7) is 2.02. The number of hydrogen-bond donors (Lipinski definition) is 5. The molecule has 1 amide bonds. The smallest absolute Gasteiger partial charge is 0.255 e. The number of carbonyl (C=O) groups is 4. The molecule has 1 aromatic rings. The van der Waals surface area contributed by atoms with Crippen LogP contribution >= 0.6 is 0 Å². The quantitative estimate of drug-likeness (QED) is 0.239. The zero-order valence-electron chi connectivity index (χ0n) is 18.8. The Balaban J connectivity index is 1.84. The first-order chi connectivity index (χ1) is 16.0. The molecule has 0 bridgehead atoms. The van der Waals surface area contributed by atoms with Gasteiger partial charge in [-0.25, -0.2) is 0 Å². The van der Waals surface area contributed by atoms with Crippen LogP contribution in [0.3, 0.4) is 0 Å². The van der Waals surface area contributed by atoms with Gasteiger partial charge in [-0.1, -0.05) is 19.8 Å². The number of nitrogens with two attached hydrogens (primary N) is 1. The fourth-order valence-corrected chi connectivity index (χ4v) is 5.55. The summed E-state index contributed by atoms with van der Waals surface area (Å²) in [5.74, 6) is -6.97. The first kappa shape index (κ1) is 23.7. The van der Waals surface area contributed by atoms with Crippen molar-refractivity contribution in [2.24, 2.45) is 17.6 Å². The Morgan fingerprint density at radius 2 is 1.82 bits per heavy atom. The van der Waals surface area contributed by atoms with Crippen molar-refractivity contribution in [1.29, 1.82) is 0 Å². The van der Waals surface area contributed by atoms with Crippen molar-refractivity contribution in [1.82, 2.24) is 0 Å². The number of amides is 1. The second kappa shape index (κ2) is 8.39. The van der Waals surface area contributed by atoms with Gasteiger partial charge in [0, 0.05) is 29.9 Å². The maximum Gasteiger partial charge on any atom is 0.255 e. The molecule has 0 saturated heterocycles. The summed E-state index contributed by atoms with van der Waals surface area (Å²) in [5.41, 5.74) is 2.23. The van der Waals surface area contributed by atoms with Crippen LogP contribution in [0.5, 0.6) is 5.75 Å². The summed E-state index contributed by atoms with van der Waals surface area (Å²) in [7, 11) is 0. The van der Waals surface area contributed by atoms with Crippen LogP contribution < -0.4 is 5.73 Å². The van der Waals surface area contributed by atoms with Gasteiger partial charge in [0.2, 0.25) is 5.78 Å². The third kappa shape index (κ3) is 3.34. The molecule has 0 radical (unpaired) electrons. The van der Waals surface area contributed by atoms with E-state index in [-0.39, 0.29) is 41.9 Å². The molecule has 0 unspecified atom stereocenters. The second-order valence-electron chi connectivity index (χ2n) is 9.27. The number of carbonyl (C=O) groups excluding carboxylic acids is 4. The molecule has 9 heteroatoms. The van der Waals surface area contributed by atoms with E-state index in [1.165, 1.54) is 12.1 Å². The predicted molar refractivity (Wildman–Crippen MR) is 120 cm³/mol. The molecular formula is C25H27NO8. The SMILES string of the molecule is CCCCCC(=O)c1ccc(O)c2c1C[C@H]1C[C@H]3CC(=O)C(C(N)=O)=C(O)[C@@]3(O)C(=O)C1=C2O. The third-order valence-corrected chi connectivity index (χ3v) is 7.25. The minimum absolute atomic E-state index is 0.0298. The molecule has 1 fully saturated rings. The van der Waals surface area contributed by atoms with E-state index < -0.39 is 52.0 Å². The Hall–Kier alpha value is -3.46. The number of ketones is 3. The summed E-state index contributed by atoms with van der Waals surface area (Å²) >= 11 is 0. The molecule has 180 valence electrons. The van der Waals surface area contributed by atoms with Gasteiger partial charge in [0.15, 0.2) is 17.2 Å². The summed E-state index contributed by atoms with van der Waals surface area (Å²) in [4.78, 5) is 50.4. The first-order valence-electron chi connectivity index (χ1n) is 11.4. The summed E-state index contributed by atoms with van der Waals surface area (Å²) in [6.07, 6.45) is 2.60. The van der Waals surface area contributed by atoms with E-state index in [1.54, 1.807) is 0 Å². The Kier molecular flexibility index (Phi) is 5.85. The van der Waals surface area contributed by atoms with Gasteiger partial charge in [-0.15, -0.1) is 0 Å². The highest BCUT2D eigenvalue weighted by Gasteiger charge is 2.60. The van der Waals surface area contributed by atoms with E-state index in [2.05, 4.69) is 0 Å². The first-order valence-corrected chi connectivity index (χ1v) is 11.4. The lowest BCUT2D eigenvalue weighted by atomic mass is 9.59. The molecule has 3 aliphatic rings. The topological polar surface area (TPSA) is 175 Å². The average molecular weight is 469 g/mol. The number of benzene rings is 1. The number of unbranched alkanes of at least 4 members (excludes halogenated alkanes) is 2. The monoisotopic (exact) mass is 469 g/mol. The highest BCUT2D eigenvalue weighted by molar-refractivity contribution is 6.22. The van der Waals surface area contributed by atoms with Crippen LogP contribution in [0, 0.1) is 11.8 Å². The lowest BCUT2D eigenvalue weighted by Gasteiger charge is -2.46. The van der Waals surface area contributed by atoms with Gasteiger partial charge in [-0.2, -0.15) is 0 Å². The highest BCUT2D eigenvalue weighted by Crippen LogP contribution is 2.52. The van der Waals surface area contributed by atoms with Crippen molar-refractivity contribution in [2.75, 3.05) is 0 Å². The molecule has 3 atom stereocenters. The van der Waals surface area contributed by atoms with E-state index in [0.29, 0.717) is 24.0 Å². The van der Waals surface area contributed by atoms with E-state index in [9.17, 15) is 39.6 Å². The molecule has 1 aromatic carbocycles. The lowest BCUT2D eigenvalue weighted by molar-refractivity contribution is -0.147. The number of aromatic hydroxyl groups is 1. The van der Waals surface area contributed by atoms with E-state index >= 15 is 0 Å². The molecule has 0 aromatic heterocycles. The number of aliphatic hydroxyl groups is 3. The molecule has 0 spiro atoms. The van der Waals surface area contributed by atoms with Crippen LogP contribution in [-0.2, 0) is 20.8 Å². The Labute approximate surface area is 195 Å². The van der Waals surface area contributed by atoms with Crippen LogP contribution in [0.1, 0.15) is 66.9 Å². The van der Waals surface area contributed by atoms with Crippen LogP contribution in [0.15, 0.2) is 29.0 Å². The summed E-state index contributed by atoms with van der Waals surface area (Å²) in [5, 5.41) is 43.3. The van der Waals surface area contributed by atoms with Crippen molar-refractivity contribution < 1.29 is 39.6 Å². The molecule has 4 rings (SSSR count). The number of phenolic OH excluding ortho intramolecular Hbond substituents is 1. The minimum Gasteiger partial charge on any atom is -0.508 e. The third-order valence-electron chi connectivity index (χ3n) is 7.25. The second-order valence-corrected chi connectivity index (χ2v) is 9.27. The van der Waals surface area contributed by atoms with Gasteiger partial charge in [0.05, 0.1) is 5.56 Å². The molecule has 6 N–H and O–H groups in total. The number of aliphatic hydroxyl groups excluding tert-OH is 2. The molecule has 3 aliphatic carbocycles. The van der Waals surface area contributed by atoms with Gasteiger partial charge < -0.3 is 26.2 Å².